The van der Waals surface area contributed by atoms with Gasteiger partial charge in [-0.3, -0.25) is 9.69 Å². The molecule has 1 amide bonds. The molecule has 4 nitrogen and oxygen atoms in total. The molecule has 0 aromatic heterocycles. The largest absolute Gasteiger partial charge is 0.487 e. The van der Waals surface area contributed by atoms with Crippen LogP contribution in [0.3, 0.4) is 0 Å². The molecule has 0 atom stereocenters. The number of carbonyl (C=O) groups is 1. The standard InChI is InChI=1S/C25H23Cl3N2O2/c26-21-9-8-18(15-23(21)28)16-29-10-12-30(13-11-29)25(31)20-5-3-4-19(14-20)17-32-24-7-2-1-6-22(24)27/h1-9,14-15H,10-13,16-17H2. The second-order valence-electron chi connectivity index (χ2n) is 7.74. The number of para-hydroxylation sites is 1. The third-order valence-corrected chi connectivity index (χ3v) is 6.51. The summed E-state index contributed by atoms with van der Waals surface area (Å²) < 4.78 is 5.81. The lowest BCUT2D eigenvalue weighted by Gasteiger charge is -2.35. The van der Waals surface area contributed by atoms with Gasteiger partial charge in [-0.15, -0.1) is 0 Å². The highest BCUT2D eigenvalue weighted by atomic mass is 35.5. The molecule has 1 aliphatic heterocycles. The quantitative estimate of drug-likeness (QED) is 0.414. The van der Waals surface area contributed by atoms with Crippen LogP contribution >= 0.6 is 34.8 Å². The lowest BCUT2D eigenvalue weighted by molar-refractivity contribution is 0.0628. The van der Waals surface area contributed by atoms with Crippen molar-refractivity contribution in [1.29, 1.82) is 0 Å². The van der Waals surface area contributed by atoms with Crippen LogP contribution in [0.4, 0.5) is 0 Å². The van der Waals surface area contributed by atoms with Crippen molar-refractivity contribution < 1.29 is 9.53 Å². The molecule has 4 rings (SSSR count). The first-order valence-electron chi connectivity index (χ1n) is 10.4. The normalized spacial score (nSPS) is 14.4. The van der Waals surface area contributed by atoms with Gasteiger partial charge in [-0.25, -0.2) is 0 Å². The van der Waals surface area contributed by atoms with E-state index < -0.39 is 0 Å². The summed E-state index contributed by atoms with van der Waals surface area (Å²) in [5, 5.41) is 1.69. The van der Waals surface area contributed by atoms with E-state index >= 15 is 0 Å². The van der Waals surface area contributed by atoms with Crippen molar-refractivity contribution >= 4 is 40.7 Å². The summed E-state index contributed by atoms with van der Waals surface area (Å²) >= 11 is 18.3. The molecule has 166 valence electrons. The molecule has 0 radical (unpaired) electrons. The van der Waals surface area contributed by atoms with Crippen LogP contribution in [0.15, 0.2) is 66.7 Å². The number of ether oxygens (including phenoxy) is 1. The van der Waals surface area contributed by atoms with Gasteiger partial charge in [0, 0.05) is 38.3 Å². The number of nitrogens with zero attached hydrogens (tertiary/aromatic N) is 2. The monoisotopic (exact) mass is 488 g/mol. The van der Waals surface area contributed by atoms with Crippen LogP contribution in [0, 0.1) is 0 Å². The topological polar surface area (TPSA) is 32.8 Å². The molecule has 1 aliphatic rings. The molecule has 0 spiro atoms. The molecule has 0 saturated carbocycles. The summed E-state index contributed by atoms with van der Waals surface area (Å²) in [6, 6.07) is 20.6. The van der Waals surface area contributed by atoms with E-state index in [1.54, 1.807) is 6.07 Å². The van der Waals surface area contributed by atoms with Crippen molar-refractivity contribution in [1.82, 2.24) is 9.80 Å². The van der Waals surface area contributed by atoms with Gasteiger partial charge in [-0.05, 0) is 47.5 Å². The Morgan fingerprint density at radius 3 is 2.31 bits per heavy atom. The van der Waals surface area contributed by atoms with Gasteiger partial charge in [0.2, 0.25) is 0 Å². The van der Waals surface area contributed by atoms with Gasteiger partial charge in [0.25, 0.3) is 5.91 Å². The Balaban J connectivity index is 1.32. The van der Waals surface area contributed by atoms with E-state index in [0.717, 1.165) is 30.8 Å². The molecule has 3 aromatic carbocycles. The van der Waals surface area contributed by atoms with E-state index in [0.29, 0.717) is 46.1 Å². The summed E-state index contributed by atoms with van der Waals surface area (Å²) in [7, 11) is 0. The number of carbonyl (C=O) groups excluding carboxylic acids is 1. The maximum Gasteiger partial charge on any atom is 0.253 e. The number of benzene rings is 3. The van der Waals surface area contributed by atoms with E-state index in [9.17, 15) is 4.79 Å². The Labute approximate surface area is 203 Å². The predicted molar refractivity (Wildman–Crippen MR) is 130 cm³/mol. The second kappa shape index (κ2) is 10.6. The maximum absolute atomic E-state index is 13.0. The van der Waals surface area contributed by atoms with E-state index in [-0.39, 0.29) is 5.91 Å². The predicted octanol–water partition coefficient (Wildman–Crippen LogP) is 6.18. The van der Waals surface area contributed by atoms with Crippen molar-refractivity contribution in [2.24, 2.45) is 0 Å². The molecular formula is C25H23Cl3N2O2. The summed E-state index contributed by atoms with van der Waals surface area (Å²) in [5.41, 5.74) is 2.71. The number of hydrogen-bond acceptors (Lipinski definition) is 3. The lowest BCUT2D eigenvalue weighted by Crippen LogP contribution is -2.48. The first kappa shape index (κ1) is 22.9. The Kier molecular flexibility index (Phi) is 7.59. The Bertz CT molecular complexity index is 1100. The molecule has 1 fully saturated rings. The number of rotatable bonds is 6. The average Bonchev–Trinajstić information content (AvgIpc) is 2.81. The van der Waals surface area contributed by atoms with E-state index in [1.807, 2.05) is 65.6 Å². The van der Waals surface area contributed by atoms with Crippen LogP contribution < -0.4 is 4.74 Å². The molecule has 3 aromatic rings. The Morgan fingerprint density at radius 2 is 1.56 bits per heavy atom. The number of hydrogen-bond donors (Lipinski definition) is 0. The van der Waals surface area contributed by atoms with Gasteiger partial charge in [-0.2, -0.15) is 0 Å². The van der Waals surface area contributed by atoms with Crippen molar-refractivity contribution in [3.05, 3.63) is 98.5 Å². The SMILES string of the molecule is O=C(c1cccc(COc2ccccc2Cl)c1)N1CCN(Cc2ccc(Cl)c(Cl)c2)CC1. The van der Waals surface area contributed by atoms with Crippen molar-refractivity contribution in [2.75, 3.05) is 26.2 Å². The fourth-order valence-corrected chi connectivity index (χ4v) is 4.22. The summed E-state index contributed by atoms with van der Waals surface area (Å²) in [6.45, 7) is 4.11. The number of piperazine rings is 1. The van der Waals surface area contributed by atoms with E-state index in [2.05, 4.69) is 4.90 Å². The highest BCUT2D eigenvalue weighted by Gasteiger charge is 2.22. The molecule has 1 saturated heterocycles. The van der Waals surface area contributed by atoms with Crippen LogP contribution in [-0.2, 0) is 13.2 Å². The zero-order valence-corrected chi connectivity index (χ0v) is 19.7. The van der Waals surface area contributed by atoms with Crippen LogP contribution in [0.5, 0.6) is 5.75 Å². The van der Waals surface area contributed by atoms with Crippen LogP contribution in [-0.4, -0.2) is 41.9 Å². The van der Waals surface area contributed by atoms with Gasteiger partial charge >= 0.3 is 0 Å². The first-order chi connectivity index (χ1) is 15.5. The zero-order chi connectivity index (χ0) is 22.5. The van der Waals surface area contributed by atoms with Crippen molar-refractivity contribution in [3.8, 4) is 5.75 Å². The van der Waals surface area contributed by atoms with Crippen LogP contribution in [0.2, 0.25) is 15.1 Å². The highest BCUT2D eigenvalue weighted by Crippen LogP contribution is 2.25. The maximum atomic E-state index is 13.0. The summed E-state index contributed by atoms with van der Waals surface area (Å²) in [6.07, 6.45) is 0. The lowest BCUT2D eigenvalue weighted by atomic mass is 10.1. The van der Waals surface area contributed by atoms with Crippen LogP contribution in [0.1, 0.15) is 21.5 Å². The molecule has 7 heteroatoms. The molecule has 32 heavy (non-hydrogen) atoms. The minimum Gasteiger partial charge on any atom is -0.487 e. The first-order valence-corrected chi connectivity index (χ1v) is 11.5. The second-order valence-corrected chi connectivity index (χ2v) is 8.96. The third kappa shape index (κ3) is 5.76. The minimum absolute atomic E-state index is 0.0405. The summed E-state index contributed by atoms with van der Waals surface area (Å²) in [5.74, 6) is 0.669. The van der Waals surface area contributed by atoms with Gasteiger partial charge < -0.3 is 9.64 Å². The Morgan fingerprint density at radius 1 is 0.781 bits per heavy atom. The fraction of sp³-hybridized carbons (Fsp3) is 0.240. The molecule has 1 heterocycles. The Hall–Kier alpha value is -2.24. The highest BCUT2D eigenvalue weighted by molar-refractivity contribution is 6.42. The zero-order valence-electron chi connectivity index (χ0n) is 17.4. The molecule has 0 N–H and O–H groups in total. The third-order valence-electron chi connectivity index (χ3n) is 5.45. The smallest absolute Gasteiger partial charge is 0.253 e. The molecular weight excluding hydrogens is 467 g/mol. The average molecular weight is 490 g/mol. The number of halogens is 3. The molecule has 0 bridgehead atoms. The fourth-order valence-electron chi connectivity index (χ4n) is 3.70. The van der Waals surface area contributed by atoms with Gasteiger partial charge in [-0.1, -0.05) is 65.1 Å². The minimum atomic E-state index is 0.0405. The van der Waals surface area contributed by atoms with Gasteiger partial charge in [0.05, 0.1) is 15.1 Å². The van der Waals surface area contributed by atoms with Crippen molar-refractivity contribution in [3.63, 3.8) is 0 Å². The molecule has 0 aliphatic carbocycles. The number of amides is 1. The summed E-state index contributed by atoms with van der Waals surface area (Å²) in [4.78, 5) is 17.3. The molecule has 0 unspecified atom stereocenters. The van der Waals surface area contributed by atoms with E-state index in [1.165, 1.54) is 0 Å². The van der Waals surface area contributed by atoms with Gasteiger partial charge in [0.15, 0.2) is 0 Å². The van der Waals surface area contributed by atoms with Crippen molar-refractivity contribution in [2.45, 2.75) is 13.2 Å². The van der Waals surface area contributed by atoms with E-state index in [4.69, 9.17) is 39.5 Å². The van der Waals surface area contributed by atoms with Crippen LogP contribution in [0.25, 0.3) is 0 Å². The van der Waals surface area contributed by atoms with Gasteiger partial charge in [0.1, 0.15) is 12.4 Å².